The van der Waals surface area contributed by atoms with Gasteiger partial charge in [0.25, 0.3) is 5.56 Å². The predicted octanol–water partition coefficient (Wildman–Crippen LogP) is 3.83. The van der Waals surface area contributed by atoms with Crippen molar-refractivity contribution < 1.29 is 28.2 Å². The van der Waals surface area contributed by atoms with Crippen molar-refractivity contribution in [1.82, 2.24) is 14.0 Å². The monoisotopic (exact) mass is 634 g/mol. The number of hydrogen-bond donors (Lipinski definition) is 0. The Morgan fingerprint density at radius 2 is 1.91 bits per heavy atom. The fraction of sp³-hybridized carbons (Fsp3) is 0.483. The van der Waals surface area contributed by atoms with Crippen molar-refractivity contribution in [3.05, 3.63) is 60.9 Å². The van der Waals surface area contributed by atoms with Crippen LogP contribution in [0, 0.1) is 24.1 Å². The standard InChI is InChI=1S/C29H33FN4O7S.H2S/c1-5-40-28(37)24-17(2)23-26(36)34(18(3)25(35)32-12-6-7-13-32)29(38)33(27(23)42-24)16-22(41-14-8-11-31)20-15-19(30)9-10-21(20)39-4;/h9-10,15,18,22H,5-8,12-14,16H2,1-4H3;1H2/t18-,22-;/m0./s1. The van der Waals surface area contributed by atoms with Crippen LogP contribution < -0.4 is 16.0 Å². The number of amides is 1. The van der Waals surface area contributed by atoms with Crippen LogP contribution in [0.3, 0.4) is 0 Å². The van der Waals surface area contributed by atoms with Crippen molar-refractivity contribution in [2.75, 3.05) is 33.4 Å². The molecule has 43 heavy (non-hydrogen) atoms. The van der Waals surface area contributed by atoms with Gasteiger partial charge < -0.3 is 19.1 Å². The van der Waals surface area contributed by atoms with Crippen molar-refractivity contribution in [2.24, 2.45) is 0 Å². The van der Waals surface area contributed by atoms with Crippen LogP contribution in [0.15, 0.2) is 27.8 Å². The summed E-state index contributed by atoms with van der Waals surface area (Å²) in [5, 5.41) is 9.19. The summed E-state index contributed by atoms with van der Waals surface area (Å²) in [6.07, 6.45) is 0.708. The minimum absolute atomic E-state index is 0. The second-order valence-electron chi connectivity index (χ2n) is 9.89. The van der Waals surface area contributed by atoms with E-state index in [4.69, 9.17) is 19.5 Å². The first kappa shape index (κ1) is 33.8. The molecule has 11 nitrogen and oxygen atoms in total. The highest BCUT2D eigenvalue weighted by atomic mass is 32.1. The van der Waals surface area contributed by atoms with Gasteiger partial charge in [-0.15, -0.1) is 11.3 Å². The predicted molar refractivity (Wildman–Crippen MR) is 164 cm³/mol. The van der Waals surface area contributed by atoms with Gasteiger partial charge in [0, 0.05) is 18.7 Å². The third-order valence-corrected chi connectivity index (χ3v) is 8.58. The molecule has 1 aliphatic heterocycles. The van der Waals surface area contributed by atoms with E-state index in [-0.39, 0.29) is 66.2 Å². The summed E-state index contributed by atoms with van der Waals surface area (Å²) in [6, 6.07) is 4.74. The lowest BCUT2D eigenvalue weighted by molar-refractivity contribution is -0.133. The van der Waals surface area contributed by atoms with Crippen LogP contribution in [0.1, 0.15) is 66.1 Å². The lowest BCUT2D eigenvalue weighted by atomic mass is 10.1. The Kier molecular flexibility index (Phi) is 11.5. The number of fused-ring (bicyclic) bond motifs is 1. The average molecular weight is 635 g/mol. The Labute approximate surface area is 258 Å². The van der Waals surface area contributed by atoms with Gasteiger partial charge in [-0.3, -0.25) is 14.2 Å². The van der Waals surface area contributed by atoms with E-state index in [0.29, 0.717) is 24.4 Å². The largest absolute Gasteiger partial charge is 0.496 e. The van der Waals surface area contributed by atoms with Crippen LogP contribution in [0.25, 0.3) is 10.2 Å². The average Bonchev–Trinajstić information content (AvgIpc) is 3.63. The highest BCUT2D eigenvalue weighted by Crippen LogP contribution is 2.33. The molecule has 1 saturated heterocycles. The van der Waals surface area contributed by atoms with Crippen LogP contribution in [0.5, 0.6) is 5.75 Å². The fourth-order valence-electron chi connectivity index (χ4n) is 5.18. The maximum Gasteiger partial charge on any atom is 0.348 e. The van der Waals surface area contributed by atoms with Gasteiger partial charge in [-0.25, -0.2) is 18.5 Å². The third-order valence-electron chi connectivity index (χ3n) is 7.29. The van der Waals surface area contributed by atoms with E-state index in [1.54, 1.807) is 18.7 Å². The highest BCUT2D eigenvalue weighted by molar-refractivity contribution is 7.59. The molecule has 2 atom stereocenters. The SMILES string of the molecule is CCOC(=O)c1sc2c(c1C)c(=O)n([C@@H](C)C(=O)N1CCCC1)c(=O)n2C[C@H](OCCC#N)c1cc(F)ccc1OC.S. The van der Waals surface area contributed by atoms with Crippen molar-refractivity contribution >= 4 is 46.9 Å². The molecule has 2 aromatic heterocycles. The van der Waals surface area contributed by atoms with Crippen LogP contribution in [0.4, 0.5) is 4.39 Å². The summed E-state index contributed by atoms with van der Waals surface area (Å²) >= 11 is 0.926. The zero-order valence-corrected chi connectivity index (χ0v) is 26.3. The summed E-state index contributed by atoms with van der Waals surface area (Å²) in [6.45, 7) is 5.68. The lowest BCUT2D eigenvalue weighted by Gasteiger charge is -2.24. The number of nitrogens with zero attached hydrogens (tertiary/aromatic N) is 4. The molecule has 0 N–H and O–H groups in total. The first-order chi connectivity index (χ1) is 20.1. The second kappa shape index (κ2) is 14.7. The number of carbonyl (C=O) groups is 2. The Morgan fingerprint density at radius 1 is 1.21 bits per heavy atom. The summed E-state index contributed by atoms with van der Waals surface area (Å²) in [5.74, 6) is -1.27. The number of likely N-dealkylation sites (tertiary alicyclic amines) is 1. The molecule has 0 spiro atoms. The molecular weight excluding hydrogens is 599 g/mol. The van der Waals surface area contributed by atoms with E-state index in [9.17, 15) is 23.6 Å². The molecule has 0 saturated carbocycles. The van der Waals surface area contributed by atoms with Gasteiger partial charge in [-0.05, 0) is 57.4 Å². The smallest absolute Gasteiger partial charge is 0.348 e. The normalized spacial score (nSPS) is 14.2. The first-order valence-electron chi connectivity index (χ1n) is 13.7. The molecule has 1 aliphatic rings. The summed E-state index contributed by atoms with van der Waals surface area (Å²) < 4.78 is 33.2. The van der Waals surface area contributed by atoms with Crippen LogP contribution in [-0.2, 0) is 20.8 Å². The maximum atomic E-state index is 14.4. The number of halogens is 1. The molecule has 4 rings (SSSR count). The Bertz CT molecular complexity index is 1650. The van der Waals surface area contributed by atoms with E-state index in [1.807, 2.05) is 6.07 Å². The number of nitriles is 1. The molecule has 3 heterocycles. The van der Waals surface area contributed by atoms with Gasteiger partial charge in [0.15, 0.2) is 0 Å². The number of rotatable bonds is 11. The van der Waals surface area contributed by atoms with Gasteiger partial charge >= 0.3 is 11.7 Å². The molecular formula is C29H35FN4O7S2. The number of thiophene rings is 1. The minimum Gasteiger partial charge on any atom is -0.496 e. The minimum atomic E-state index is -1.12. The zero-order chi connectivity index (χ0) is 30.6. The molecule has 1 fully saturated rings. The van der Waals surface area contributed by atoms with E-state index < -0.39 is 35.2 Å². The number of ether oxygens (including phenoxy) is 3. The van der Waals surface area contributed by atoms with Crippen LogP contribution in [-0.4, -0.2) is 59.3 Å². The topological polar surface area (TPSA) is 133 Å². The number of methoxy groups -OCH3 is 1. The van der Waals surface area contributed by atoms with E-state index in [1.165, 1.54) is 36.8 Å². The van der Waals surface area contributed by atoms with E-state index >= 15 is 0 Å². The Morgan fingerprint density at radius 3 is 2.53 bits per heavy atom. The number of carbonyl (C=O) groups excluding carboxylic acids is 2. The molecule has 0 bridgehead atoms. The van der Waals surface area contributed by atoms with Crippen molar-refractivity contribution in [1.29, 1.82) is 5.26 Å². The maximum absolute atomic E-state index is 14.4. The number of aryl methyl sites for hydroxylation is 1. The Hall–Kier alpha value is -3.67. The van der Waals surface area contributed by atoms with Gasteiger partial charge in [-0.1, -0.05) is 0 Å². The fourth-order valence-corrected chi connectivity index (χ4v) is 6.38. The third kappa shape index (κ3) is 6.79. The van der Waals surface area contributed by atoms with Gasteiger partial charge in [-0.2, -0.15) is 18.8 Å². The number of hydrogen-bond acceptors (Lipinski definition) is 9. The quantitative estimate of drug-likeness (QED) is 0.230. The van der Waals surface area contributed by atoms with Gasteiger partial charge in [0.2, 0.25) is 5.91 Å². The molecule has 0 radical (unpaired) electrons. The zero-order valence-electron chi connectivity index (χ0n) is 24.5. The molecule has 1 aromatic carbocycles. The lowest BCUT2D eigenvalue weighted by Crippen LogP contribution is -2.47. The van der Waals surface area contributed by atoms with Gasteiger partial charge in [0.05, 0.1) is 44.7 Å². The van der Waals surface area contributed by atoms with E-state index in [2.05, 4.69) is 0 Å². The number of aromatic nitrogens is 2. The van der Waals surface area contributed by atoms with E-state index in [0.717, 1.165) is 28.7 Å². The van der Waals surface area contributed by atoms with Crippen LogP contribution in [0.2, 0.25) is 0 Å². The molecule has 0 aliphatic carbocycles. The summed E-state index contributed by atoms with van der Waals surface area (Å²) in [5.41, 5.74) is -0.866. The molecule has 14 heteroatoms. The molecule has 0 unspecified atom stereocenters. The van der Waals surface area contributed by atoms with Crippen molar-refractivity contribution in [3.8, 4) is 11.8 Å². The first-order valence-corrected chi connectivity index (χ1v) is 14.5. The molecule has 3 aromatic rings. The van der Waals surface area contributed by atoms with Crippen molar-refractivity contribution in [2.45, 2.75) is 58.7 Å². The number of benzene rings is 1. The number of esters is 1. The Balaban J connectivity index is 0.00000506. The second-order valence-corrected chi connectivity index (χ2v) is 10.9. The molecule has 232 valence electrons. The highest BCUT2D eigenvalue weighted by Gasteiger charge is 2.31. The van der Waals surface area contributed by atoms with Crippen LogP contribution >= 0.6 is 24.8 Å². The summed E-state index contributed by atoms with van der Waals surface area (Å²) in [7, 11) is 1.41. The molecule has 1 amide bonds. The van der Waals surface area contributed by atoms with Gasteiger partial charge in [0.1, 0.15) is 33.4 Å². The van der Waals surface area contributed by atoms with Crippen molar-refractivity contribution in [3.63, 3.8) is 0 Å². The summed E-state index contributed by atoms with van der Waals surface area (Å²) in [4.78, 5) is 56.1.